The van der Waals surface area contributed by atoms with Gasteiger partial charge in [-0.1, -0.05) is 77.0 Å². The Balaban J connectivity index is 0.00000301. The van der Waals surface area contributed by atoms with E-state index in [4.69, 9.17) is 5.26 Å². The lowest BCUT2D eigenvalue weighted by Gasteiger charge is -2.38. The number of hydrogen-bond donors (Lipinski definition) is 0. The lowest BCUT2D eigenvalue weighted by molar-refractivity contribution is 0.130. The summed E-state index contributed by atoms with van der Waals surface area (Å²) < 4.78 is 0. The first-order valence-electron chi connectivity index (χ1n) is 9.44. The van der Waals surface area contributed by atoms with E-state index in [0.29, 0.717) is 6.42 Å². The molecule has 1 aliphatic heterocycles. The fourth-order valence-corrected chi connectivity index (χ4v) is 2.71. The Kier molecular flexibility index (Phi) is 11.3. The summed E-state index contributed by atoms with van der Waals surface area (Å²) in [5.74, 6) is 0. The second-order valence-corrected chi connectivity index (χ2v) is 7.06. The van der Waals surface area contributed by atoms with Crippen molar-refractivity contribution >= 4 is 0 Å². The Hall–Kier alpha value is -2.11. The van der Waals surface area contributed by atoms with Crippen molar-refractivity contribution in [3.8, 4) is 6.07 Å². The van der Waals surface area contributed by atoms with Gasteiger partial charge in [0.2, 0.25) is 0 Å². The molecule has 2 heteroatoms. The van der Waals surface area contributed by atoms with E-state index < -0.39 is 0 Å². The van der Waals surface area contributed by atoms with Crippen molar-refractivity contribution in [3.63, 3.8) is 0 Å². The molecule has 0 aromatic heterocycles. The van der Waals surface area contributed by atoms with Crippen LogP contribution in [0.4, 0.5) is 0 Å². The molecule has 142 valence electrons. The van der Waals surface area contributed by atoms with Crippen LogP contribution in [-0.2, 0) is 0 Å². The first-order valence-corrected chi connectivity index (χ1v) is 9.44. The van der Waals surface area contributed by atoms with Crippen molar-refractivity contribution in [2.45, 2.75) is 47.0 Å². The Labute approximate surface area is 161 Å². The summed E-state index contributed by atoms with van der Waals surface area (Å²) in [6.07, 6.45) is 10.6. The van der Waals surface area contributed by atoms with Gasteiger partial charge in [-0.3, -0.25) is 4.90 Å². The Morgan fingerprint density at radius 1 is 1.12 bits per heavy atom. The molecule has 0 bridgehead atoms. The molecule has 0 unspecified atom stereocenters. The molecule has 1 rings (SSSR count). The van der Waals surface area contributed by atoms with Gasteiger partial charge < -0.3 is 0 Å². The van der Waals surface area contributed by atoms with Gasteiger partial charge in [0.05, 0.1) is 6.07 Å². The fraction of sp³-hybridized carbons (Fsp3) is 0.458. The van der Waals surface area contributed by atoms with Crippen molar-refractivity contribution in [3.05, 3.63) is 72.9 Å². The van der Waals surface area contributed by atoms with Crippen LogP contribution in [0.3, 0.4) is 0 Å². The lowest BCUT2D eigenvalue weighted by atomic mass is 9.78. The maximum absolute atomic E-state index is 8.92. The van der Waals surface area contributed by atoms with E-state index in [2.05, 4.69) is 44.2 Å². The predicted octanol–water partition coefficient (Wildman–Crippen LogP) is 6.39. The van der Waals surface area contributed by atoms with E-state index in [1.54, 1.807) is 6.08 Å². The number of nitrogens with zero attached hydrogens (tertiary/aromatic N) is 2. The molecule has 1 saturated heterocycles. The molecule has 0 aliphatic carbocycles. The SMILES string of the molecule is C=C/C(C)=C\C(=C)C(=C)/C=C\C(=C)CN1CCC(C)(CC#N)CC1.CC. The summed E-state index contributed by atoms with van der Waals surface area (Å²) >= 11 is 0. The minimum Gasteiger partial charge on any atom is -0.299 e. The largest absolute Gasteiger partial charge is 0.299 e. The molecule has 2 nitrogen and oxygen atoms in total. The van der Waals surface area contributed by atoms with E-state index in [-0.39, 0.29) is 5.41 Å². The molecule has 0 atom stereocenters. The van der Waals surface area contributed by atoms with Crippen molar-refractivity contribution in [1.82, 2.24) is 4.90 Å². The molecule has 0 saturated carbocycles. The van der Waals surface area contributed by atoms with Gasteiger partial charge in [-0.05, 0) is 55.0 Å². The highest BCUT2D eigenvalue weighted by molar-refractivity contribution is 5.46. The van der Waals surface area contributed by atoms with E-state index >= 15 is 0 Å². The van der Waals surface area contributed by atoms with Crippen LogP contribution in [0.2, 0.25) is 0 Å². The molecule has 0 N–H and O–H groups in total. The average molecular weight is 353 g/mol. The first kappa shape index (κ1) is 23.9. The topological polar surface area (TPSA) is 27.0 Å². The number of piperidine rings is 1. The summed E-state index contributed by atoms with van der Waals surface area (Å²) in [6.45, 7) is 27.1. The average Bonchev–Trinajstić information content (AvgIpc) is 2.63. The number of likely N-dealkylation sites (tertiary alicyclic amines) is 1. The second kappa shape index (κ2) is 12.3. The number of allylic oxidation sites excluding steroid dienone is 6. The highest BCUT2D eigenvalue weighted by atomic mass is 15.1. The van der Waals surface area contributed by atoms with Crippen molar-refractivity contribution in [1.29, 1.82) is 5.26 Å². The summed E-state index contributed by atoms with van der Waals surface area (Å²) in [7, 11) is 0. The Morgan fingerprint density at radius 3 is 2.19 bits per heavy atom. The van der Waals surface area contributed by atoms with E-state index in [1.165, 1.54) is 0 Å². The minimum absolute atomic E-state index is 0.184. The van der Waals surface area contributed by atoms with Gasteiger partial charge in [-0.2, -0.15) is 5.26 Å². The quantitative estimate of drug-likeness (QED) is 0.473. The van der Waals surface area contributed by atoms with Gasteiger partial charge in [0.1, 0.15) is 0 Å². The van der Waals surface area contributed by atoms with E-state index in [0.717, 1.165) is 54.8 Å². The third kappa shape index (κ3) is 8.83. The van der Waals surface area contributed by atoms with Gasteiger partial charge in [-0.25, -0.2) is 0 Å². The minimum atomic E-state index is 0.184. The normalized spacial score (nSPS) is 17.0. The molecule has 1 aliphatic rings. The number of nitriles is 1. The van der Waals surface area contributed by atoms with Gasteiger partial charge in [0.15, 0.2) is 0 Å². The van der Waals surface area contributed by atoms with Gasteiger partial charge >= 0.3 is 0 Å². The molecule has 0 amide bonds. The predicted molar refractivity (Wildman–Crippen MR) is 116 cm³/mol. The van der Waals surface area contributed by atoms with Crippen molar-refractivity contribution in [2.75, 3.05) is 19.6 Å². The molecule has 0 aromatic carbocycles. The third-order valence-electron chi connectivity index (χ3n) is 4.65. The molecule has 1 fully saturated rings. The highest BCUT2D eigenvalue weighted by Gasteiger charge is 2.29. The van der Waals surface area contributed by atoms with Crippen LogP contribution in [0, 0.1) is 16.7 Å². The van der Waals surface area contributed by atoms with E-state index in [1.807, 2.05) is 39.0 Å². The maximum atomic E-state index is 8.92. The summed E-state index contributed by atoms with van der Waals surface area (Å²) in [4.78, 5) is 2.41. The zero-order valence-corrected chi connectivity index (χ0v) is 17.3. The Morgan fingerprint density at radius 2 is 1.69 bits per heavy atom. The van der Waals surface area contributed by atoms with Crippen LogP contribution < -0.4 is 0 Å². The lowest BCUT2D eigenvalue weighted by Crippen LogP contribution is -2.39. The van der Waals surface area contributed by atoms with Crippen LogP contribution in [0.25, 0.3) is 0 Å². The third-order valence-corrected chi connectivity index (χ3v) is 4.65. The van der Waals surface area contributed by atoms with Gasteiger partial charge in [0.25, 0.3) is 0 Å². The van der Waals surface area contributed by atoms with Crippen LogP contribution in [0.15, 0.2) is 72.9 Å². The Bertz CT molecular complexity index is 603. The van der Waals surface area contributed by atoms with Crippen molar-refractivity contribution < 1.29 is 0 Å². The van der Waals surface area contributed by atoms with Crippen LogP contribution in [0.1, 0.15) is 47.0 Å². The zero-order valence-electron chi connectivity index (χ0n) is 17.3. The van der Waals surface area contributed by atoms with Crippen molar-refractivity contribution in [2.24, 2.45) is 5.41 Å². The molecule has 0 radical (unpaired) electrons. The zero-order chi connectivity index (χ0) is 20.2. The standard InChI is InChI=1S/C22H30N2.C2H6/c1-7-18(2)16-21(5)20(4)9-8-19(3)17-24-14-11-22(6,10-13-23)12-15-24;1-2/h7-9,16H,1,3-5,10-12,14-15,17H2,2,6H3;1-2H3/b9-8-,18-16-;. The molecular formula is C24H36N2. The molecule has 0 spiro atoms. The first-order chi connectivity index (χ1) is 12.3. The van der Waals surface area contributed by atoms with Gasteiger partial charge in [0, 0.05) is 13.0 Å². The molecule has 0 aromatic rings. The smallest absolute Gasteiger partial charge is 0.0627 e. The van der Waals surface area contributed by atoms with Crippen LogP contribution in [0.5, 0.6) is 0 Å². The summed E-state index contributed by atoms with van der Waals surface area (Å²) in [6, 6.07) is 2.32. The van der Waals surface area contributed by atoms with Crippen LogP contribution >= 0.6 is 0 Å². The number of hydrogen-bond acceptors (Lipinski definition) is 2. The summed E-state index contributed by atoms with van der Waals surface area (Å²) in [5.41, 5.74) is 4.10. The van der Waals surface area contributed by atoms with Crippen LogP contribution in [-0.4, -0.2) is 24.5 Å². The fourth-order valence-electron chi connectivity index (χ4n) is 2.71. The molecule has 1 heterocycles. The maximum Gasteiger partial charge on any atom is 0.0627 e. The molecular weight excluding hydrogens is 316 g/mol. The highest BCUT2D eigenvalue weighted by Crippen LogP contribution is 2.34. The molecule has 26 heavy (non-hydrogen) atoms. The second-order valence-electron chi connectivity index (χ2n) is 7.06. The monoisotopic (exact) mass is 352 g/mol. The van der Waals surface area contributed by atoms with Gasteiger partial charge in [-0.15, -0.1) is 0 Å². The number of rotatable bonds is 8. The van der Waals surface area contributed by atoms with E-state index in [9.17, 15) is 0 Å². The summed E-state index contributed by atoms with van der Waals surface area (Å²) in [5, 5.41) is 8.92.